The highest BCUT2D eigenvalue weighted by Gasteiger charge is 2.16. The van der Waals surface area contributed by atoms with Crippen LogP contribution < -0.4 is 25.6 Å². The quantitative estimate of drug-likeness (QED) is 0.0839. The van der Waals surface area contributed by atoms with Gasteiger partial charge in [0.05, 0.1) is 26.9 Å². The highest BCUT2D eigenvalue weighted by Crippen LogP contribution is 2.24. The van der Waals surface area contributed by atoms with Crippen molar-refractivity contribution >= 4 is 54.7 Å². The SMILES string of the molecule is CNS(=O)(=O)c1ccc(C(C)=NNc2cc(NN=C(C)c3ccc(S(=O)(=O)NC)cc3)nc(Nc3ccc(F)c(F)c3F)n2)cc1. The molecule has 5 N–H and O–H groups in total. The summed E-state index contributed by atoms with van der Waals surface area (Å²) in [5.41, 5.74) is 7.10. The molecule has 1 heterocycles. The first kappa shape index (κ1) is 34.0. The minimum atomic E-state index is -3.62. The number of nitrogens with zero attached hydrogens (tertiary/aromatic N) is 4. The molecule has 0 saturated carbocycles. The van der Waals surface area contributed by atoms with Gasteiger partial charge in [-0.2, -0.15) is 20.2 Å². The number of halogens is 3. The van der Waals surface area contributed by atoms with E-state index < -0.39 is 43.2 Å². The van der Waals surface area contributed by atoms with E-state index in [1.54, 1.807) is 38.1 Å². The van der Waals surface area contributed by atoms with Crippen LogP contribution in [0.5, 0.6) is 0 Å². The van der Waals surface area contributed by atoms with Crippen molar-refractivity contribution in [1.82, 2.24) is 19.4 Å². The molecule has 4 rings (SSSR count). The summed E-state index contributed by atoms with van der Waals surface area (Å²) in [6.07, 6.45) is 0. The molecular formula is C28H28F3N9O4S2. The summed E-state index contributed by atoms with van der Waals surface area (Å²) >= 11 is 0. The Morgan fingerprint density at radius 2 is 1.09 bits per heavy atom. The Morgan fingerprint density at radius 1 is 0.652 bits per heavy atom. The maximum Gasteiger partial charge on any atom is 0.240 e. The van der Waals surface area contributed by atoms with Crippen LogP contribution in [0.25, 0.3) is 0 Å². The number of anilines is 4. The van der Waals surface area contributed by atoms with Gasteiger partial charge in [-0.3, -0.25) is 10.9 Å². The van der Waals surface area contributed by atoms with Gasteiger partial charge in [0.2, 0.25) is 26.0 Å². The second kappa shape index (κ2) is 14.0. The van der Waals surface area contributed by atoms with Crippen LogP contribution in [-0.4, -0.2) is 52.3 Å². The van der Waals surface area contributed by atoms with E-state index >= 15 is 0 Å². The maximum absolute atomic E-state index is 14.4. The van der Waals surface area contributed by atoms with Gasteiger partial charge in [0.15, 0.2) is 29.1 Å². The number of hydrazone groups is 2. The van der Waals surface area contributed by atoms with Crippen molar-refractivity contribution in [2.45, 2.75) is 23.6 Å². The third kappa shape index (κ3) is 8.02. The minimum absolute atomic E-state index is 0.0704. The number of benzene rings is 3. The molecule has 0 saturated heterocycles. The Morgan fingerprint density at radius 3 is 1.50 bits per heavy atom. The van der Waals surface area contributed by atoms with Crippen LogP contribution in [0.1, 0.15) is 25.0 Å². The molecule has 242 valence electrons. The maximum atomic E-state index is 14.4. The van der Waals surface area contributed by atoms with Crippen LogP contribution in [0.15, 0.2) is 86.7 Å². The lowest BCUT2D eigenvalue weighted by molar-refractivity contribution is 0.449. The molecule has 0 aliphatic heterocycles. The van der Waals surface area contributed by atoms with E-state index in [1.165, 1.54) is 44.4 Å². The van der Waals surface area contributed by atoms with Crippen molar-refractivity contribution in [3.05, 3.63) is 95.3 Å². The highest BCUT2D eigenvalue weighted by atomic mass is 32.2. The van der Waals surface area contributed by atoms with Crippen LogP contribution in [0.2, 0.25) is 0 Å². The van der Waals surface area contributed by atoms with Crippen molar-refractivity contribution in [1.29, 1.82) is 0 Å². The summed E-state index contributed by atoms with van der Waals surface area (Å²) in [7, 11) is -4.64. The standard InChI is InChI=1S/C28H28F3N9O4S2/c1-16(18-5-9-20(10-6-18)45(41,42)32-3)37-39-24-15-25(36-28(35-24)34-23-14-13-22(29)26(30)27(23)31)40-38-17(2)19-7-11-21(12-8-19)46(43,44)33-4/h5-15,32-33H,1-4H3,(H3,34,35,36,39,40). The fourth-order valence-corrected chi connectivity index (χ4v) is 5.22. The van der Waals surface area contributed by atoms with Crippen LogP contribution >= 0.6 is 0 Å². The summed E-state index contributed by atoms with van der Waals surface area (Å²) in [4.78, 5) is 8.56. The van der Waals surface area contributed by atoms with Crippen LogP contribution in [-0.2, 0) is 20.0 Å². The smallest absolute Gasteiger partial charge is 0.240 e. The molecule has 0 amide bonds. The summed E-state index contributed by atoms with van der Waals surface area (Å²) in [5.74, 6) is -4.62. The molecule has 0 unspecified atom stereocenters. The second-order valence-corrected chi connectivity index (χ2v) is 13.2. The second-order valence-electron chi connectivity index (χ2n) is 9.39. The van der Waals surface area contributed by atoms with E-state index in [2.05, 4.69) is 45.8 Å². The Labute approximate surface area is 263 Å². The molecule has 1 aromatic heterocycles. The third-order valence-corrected chi connectivity index (χ3v) is 9.25. The van der Waals surface area contributed by atoms with Crippen LogP contribution in [0, 0.1) is 17.5 Å². The molecule has 0 bridgehead atoms. The fraction of sp³-hybridized carbons (Fsp3) is 0.143. The van der Waals surface area contributed by atoms with Crippen LogP contribution in [0.4, 0.5) is 36.4 Å². The van der Waals surface area contributed by atoms with Crippen molar-refractivity contribution < 1.29 is 30.0 Å². The predicted octanol–water partition coefficient (Wildman–Crippen LogP) is 4.13. The fourth-order valence-electron chi connectivity index (χ4n) is 3.76. The monoisotopic (exact) mass is 675 g/mol. The van der Waals surface area contributed by atoms with Gasteiger partial charge < -0.3 is 5.32 Å². The summed E-state index contributed by atoms with van der Waals surface area (Å²) in [6, 6.07) is 15.0. The predicted molar refractivity (Wildman–Crippen MR) is 169 cm³/mol. The number of aromatic nitrogens is 2. The highest BCUT2D eigenvalue weighted by molar-refractivity contribution is 7.89. The zero-order chi connectivity index (χ0) is 33.6. The first-order valence-electron chi connectivity index (χ1n) is 13.2. The molecule has 0 radical (unpaired) electrons. The normalized spacial score (nSPS) is 12.6. The summed E-state index contributed by atoms with van der Waals surface area (Å²) < 4.78 is 94.2. The average Bonchev–Trinajstić information content (AvgIpc) is 3.06. The average molecular weight is 676 g/mol. The number of hydrogen-bond acceptors (Lipinski definition) is 11. The Hall–Kier alpha value is -4.91. The van der Waals surface area contributed by atoms with E-state index in [0.29, 0.717) is 22.6 Å². The molecule has 0 aliphatic rings. The van der Waals surface area contributed by atoms with Gasteiger partial charge >= 0.3 is 0 Å². The Bertz CT molecular complexity index is 1910. The van der Waals surface area contributed by atoms with Gasteiger partial charge in [-0.1, -0.05) is 24.3 Å². The lowest BCUT2D eigenvalue weighted by Crippen LogP contribution is -2.18. The molecule has 46 heavy (non-hydrogen) atoms. The number of nitrogens with one attached hydrogen (secondary N) is 5. The number of hydrogen-bond donors (Lipinski definition) is 5. The van der Waals surface area contributed by atoms with Gasteiger partial charge in [-0.25, -0.2) is 39.5 Å². The summed E-state index contributed by atoms with van der Waals surface area (Å²) in [5, 5.41) is 11.0. The lowest BCUT2D eigenvalue weighted by atomic mass is 10.1. The van der Waals surface area contributed by atoms with Crippen molar-refractivity contribution in [3.8, 4) is 0 Å². The van der Waals surface area contributed by atoms with Gasteiger partial charge in [-0.15, -0.1) is 0 Å². The molecule has 3 aromatic carbocycles. The largest absolute Gasteiger partial charge is 0.321 e. The van der Waals surface area contributed by atoms with E-state index in [1.807, 2.05) is 0 Å². The van der Waals surface area contributed by atoms with Crippen molar-refractivity contribution in [2.24, 2.45) is 10.2 Å². The van der Waals surface area contributed by atoms with E-state index in [9.17, 15) is 30.0 Å². The zero-order valence-electron chi connectivity index (χ0n) is 24.7. The Balaban J connectivity index is 1.63. The molecule has 18 heteroatoms. The Kier molecular flexibility index (Phi) is 10.4. The number of sulfonamides is 2. The molecule has 0 aliphatic carbocycles. The topological polar surface area (TPSA) is 179 Å². The van der Waals surface area contributed by atoms with E-state index in [0.717, 1.165) is 12.1 Å². The van der Waals surface area contributed by atoms with E-state index in [-0.39, 0.29) is 27.4 Å². The molecule has 0 atom stereocenters. The third-order valence-electron chi connectivity index (χ3n) is 6.39. The van der Waals surface area contributed by atoms with Gasteiger partial charge in [0.1, 0.15) is 0 Å². The molecule has 0 spiro atoms. The molecule has 13 nitrogen and oxygen atoms in total. The molecule has 4 aromatic rings. The zero-order valence-corrected chi connectivity index (χ0v) is 26.4. The van der Waals surface area contributed by atoms with Gasteiger partial charge in [0.25, 0.3) is 0 Å². The number of rotatable bonds is 12. The van der Waals surface area contributed by atoms with E-state index in [4.69, 9.17) is 0 Å². The van der Waals surface area contributed by atoms with Crippen LogP contribution in [0.3, 0.4) is 0 Å². The lowest BCUT2D eigenvalue weighted by Gasteiger charge is -2.11. The molecular weight excluding hydrogens is 647 g/mol. The van der Waals surface area contributed by atoms with Crippen molar-refractivity contribution in [2.75, 3.05) is 30.3 Å². The first-order valence-corrected chi connectivity index (χ1v) is 16.2. The van der Waals surface area contributed by atoms with Gasteiger partial charge in [-0.05, 0) is 75.5 Å². The summed E-state index contributed by atoms with van der Waals surface area (Å²) in [6.45, 7) is 3.32. The molecule has 0 fully saturated rings. The first-order chi connectivity index (χ1) is 21.7. The van der Waals surface area contributed by atoms with Gasteiger partial charge in [0, 0.05) is 6.07 Å². The van der Waals surface area contributed by atoms with Crippen molar-refractivity contribution in [3.63, 3.8) is 0 Å². The minimum Gasteiger partial charge on any atom is -0.321 e.